The molecule has 1 aromatic carbocycles. The highest BCUT2D eigenvalue weighted by Gasteiger charge is 2.22. The number of rotatable bonds is 7. The minimum absolute atomic E-state index is 0.00153. The second-order valence-corrected chi connectivity index (χ2v) is 4.60. The number of hydrogen-bond donors (Lipinski definition) is 1. The quantitative estimate of drug-likeness (QED) is 0.754. The van der Waals surface area contributed by atoms with Crippen molar-refractivity contribution in [1.29, 1.82) is 0 Å². The third-order valence-electron chi connectivity index (χ3n) is 2.67. The Morgan fingerprint density at radius 1 is 1.39 bits per heavy atom. The summed E-state index contributed by atoms with van der Waals surface area (Å²) in [7, 11) is 0. The van der Waals surface area contributed by atoms with Gasteiger partial charge in [-0.05, 0) is 31.9 Å². The molecule has 0 bridgehead atoms. The molecule has 0 unspecified atom stereocenters. The SMILES string of the molecule is CC(=O)C=CC[C@@](C)(CO)OCc1ccccc1. The maximum atomic E-state index is 10.8. The van der Waals surface area contributed by atoms with Crippen LogP contribution in [0, 0.1) is 0 Å². The zero-order valence-electron chi connectivity index (χ0n) is 10.9. The van der Waals surface area contributed by atoms with E-state index in [1.165, 1.54) is 13.0 Å². The number of carbonyl (C=O) groups excluding carboxylic acids is 1. The highest BCUT2D eigenvalue weighted by molar-refractivity contribution is 5.87. The molecule has 98 valence electrons. The lowest BCUT2D eigenvalue weighted by Crippen LogP contribution is -2.32. The summed E-state index contributed by atoms with van der Waals surface area (Å²) in [5, 5.41) is 9.38. The lowest BCUT2D eigenvalue weighted by atomic mass is 10.0. The van der Waals surface area contributed by atoms with Gasteiger partial charge >= 0.3 is 0 Å². The first-order valence-corrected chi connectivity index (χ1v) is 6.01. The Hall–Kier alpha value is -1.45. The molecule has 0 spiro atoms. The van der Waals surface area contributed by atoms with Crippen LogP contribution in [-0.4, -0.2) is 23.1 Å². The number of aliphatic hydroxyl groups is 1. The van der Waals surface area contributed by atoms with Crippen molar-refractivity contribution in [1.82, 2.24) is 0 Å². The van der Waals surface area contributed by atoms with Crippen molar-refractivity contribution >= 4 is 5.78 Å². The number of benzene rings is 1. The Bertz CT molecular complexity index is 397. The second-order valence-electron chi connectivity index (χ2n) is 4.60. The van der Waals surface area contributed by atoms with Gasteiger partial charge in [-0.25, -0.2) is 0 Å². The number of ether oxygens (including phenoxy) is 1. The maximum Gasteiger partial charge on any atom is 0.152 e. The van der Waals surface area contributed by atoms with Crippen LogP contribution in [0.15, 0.2) is 42.5 Å². The highest BCUT2D eigenvalue weighted by Crippen LogP contribution is 2.18. The molecule has 1 rings (SSSR count). The summed E-state index contributed by atoms with van der Waals surface area (Å²) in [5.74, 6) is -0.00153. The van der Waals surface area contributed by atoms with Crippen LogP contribution in [0.2, 0.25) is 0 Å². The average Bonchev–Trinajstić information content (AvgIpc) is 2.37. The topological polar surface area (TPSA) is 46.5 Å². The predicted molar refractivity (Wildman–Crippen MR) is 71.2 cm³/mol. The van der Waals surface area contributed by atoms with Gasteiger partial charge in [0.2, 0.25) is 0 Å². The van der Waals surface area contributed by atoms with E-state index in [0.717, 1.165) is 5.56 Å². The fraction of sp³-hybridized carbons (Fsp3) is 0.400. The van der Waals surface area contributed by atoms with Crippen LogP contribution in [0.1, 0.15) is 25.8 Å². The molecule has 3 nitrogen and oxygen atoms in total. The Balaban J connectivity index is 2.52. The standard InChI is InChI=1S/C15H20O3/c1-13(17)7-6-10-15(2,12-16)18-11-14-8-4-3-5-9-14/h3-9,16H,10-12H2,1-2H3/t15-/m0/s1. The molecule has 0 saturated heterocycles. The van der Waals surface area contributed by atoms with E-state index in [1.54, 1.807) is 6.08 Å². The third kappa shape index (κ3) is 5.25. The van der Waals surface area contributed by atoms with Crippen molar-refractivity contribution in [3.63, 3.8) is 0 Å². The van der Waals surface area contributed by atoms with Gasteiger partial charge in [0.25, 0.3) is 0 Å². The van der Waals surface area contributed by atoms with Crippen LogP contribution >= 0.6 is 0 Å². The van der Waals surface area contributed by atoms with Gasteiger partial charge in [0, 0.05) is 0 Å². The van der Waals surface area contributed by atoms with Crippen molar-refractivity contribution in [2.45, 2.75) is 32.5 Å². The van der Waals surface area contributed by atoms with Crippen molar-refractivity contribution in [3.05, 3.63) is 48.0 Å². The number of aliphatic hydroxyl groups excluding tert-OH is 1. The molecule has 1 N–H and O–H groups in total. The Morgan fingerprint density at radius 3 is 2.61 bits per heavy atom. The van der Waals surface area contributed by atoms with Crippen LogP contribution in [0.3, 0.4) is 0 Å². The van der Waals surface area contributed by atoms with Crippen molar-refractivity contribution < 1.29 is 14.6 Å². The van der Waals surface area contributed by atoms with Crippen molar-refractivity contribution in [2.24, 2.45) is 0 Å². The molecule has 0 aliphatic rings. The van der Waals surface area contributed by atoms with Gasteiger partial charge in [-0.2, -0.15) is 0 Å². The molecule has 0 radical (unpaired) electrons. The molecule has 0 aliphatic carbocycles. The minimum atomic E-state index is -0.651. The van der Waals surface area contributed by atoms with E-state index in [2.05, 4.69) is 0 Å². The molecular weight excluding hydrogens is 228 g/mol. The second kappa shape index (κ2) is 7.09. The largest absolute Gasteiger partial charge is 0.393 e. The predicted octanol–water partition coefficient (Wildman–Crippen LogP) is 2.49. The monoisotopic (exact) mass is 248 g/mol. The molecule has 0 aliphatic heterocycles. The molecule has 1 atom stereocenters. The molecule has 0 heterocycles. The summed E-state index contributed by atoms with van der Waals surface area (Å²) >= 11 is 0. The summed E-state index contributed by atoms with van der Waals surface area (Å²) in [6.07, 6.45) is 3.75. The zero-order chi connectivity index (χ0) is 13.4. The van der Waals surface area contributed by atoms with Crippen LogP contribution in [-0.2, 0) is 16.1 Å². The Labute approximate surface area is 108 Å². The van der Waals surface area contributed by atoms with E-state index >= 15 is 0 Å². The molecule has 0 saturated carbocycles. The van der Waals surface area contributed by atoms with Gasteiger partial charge in [0.15, 0.2) is 5.78 Å². The molecule has 18 heavy (non-hydrogen) atoms. The van der Waals surface area contributed by atoms with E-state index in [-0.39, 0.29) is 12.4 Å². The normalized spacial score (nSPS) is 14.6. The summed E-state index contributed by atoms with van der Waals surface area (Å²) in [6, 6.07) is 9.80. The van der Waals surface area contributed by atoms with Gasteiger partial charge in [-0.3, -0.25) is 4.79 Å². The molecule has 0 fully saturated rings. The number of hydrogen-bond acceptors (Lipinski definition) is 3. The van der Waals surface area contributed by atoms with Gasteiger partial charge in [0.1, 0.15) is 0 Å². The smallest absolute Gasteiger partial charge is 0.152 e. The first-order chi connectivity index (χ1) is 8.56. The summed E-state index contributed by atoms with van der Waals surface area (Å²) < 4.78 is 5.73. The van der Waals surface area contributed by atoms with E-state index in [9.17, 15) is 9.90 Å². The number of carbonyl (C=O) groups is 1. The van der Waals surface area contributed by atoms with Gasteiger partial charge in [-0.15, -0.1) is 0 Å². The van der Waals surface area contributed by atoms with E-state index in [0.29, 0.717) is 13.0 Å². The lowest BCUT2D eigenvalue weighted by Gasteiger charge is -2.26. The molecule has 0 aromatic heterocycles. The zero-order valence-corrected chi connectivity index (χ0v) is 10.9. The first kappa shape index (κ1) is 14.6. The molecular formula is C15H20O3. The van der Waals surface area contributed by atoms with Gasteiger partial charge in [0.05, 0.1) is 18.8 Å². The summed E-state index contributed by atoms with van der Waals surface area (Å²) in [5.41, 5.74) is 0.412. The fourth-order valence-corrected chi connectivity index (χ4v) is 1.48. The first-order valence-electron chi connectivity index (χ1n) is 6.01. The van der Waals surface area contributed by atoms with Crippen LogP contribution in [0.5, 0.6) is 0 Å². The maximum absolute atomic E-state index is 10.8. The van der Waals surface area contributed by atoms with Crippen LogP contribution in [0.4, 0.5) is 0 Å². The highest BCUT2D eigenvalue weighted by atomic mass is 16.5. The van der Waals surface area contributed by atoms with E-state index in [1.807, 2.05) is 37.3 Å². The van der Waals surface area contributed by atoms with Gasteiger partial charge < -0.3 is 9.84 Å². The Kier molecular flexibility index (Phi) is 5.75. The van der Waals surface area contributed by atoms with Gasteiger partial charge in [-0.1, -0.05) is 36.4 Å². The van der Waals surface area contributed by atoms with Crippen LogP contribution < -0.4 is 0 Å². The molecule has 3 heteroatoms. The number of ketones is 1. The van der Waals surface area contributed by atoms with E-state index < -0.39 is 5.60 Å². The lowest BCUT2D eigenvalue weighted by molar-refractivity contribution is -0.112. The third-order valence-corrected chi connectivity index (χ3v) is 2.67. The van der Waals surface area contributed by atoms with E-state index in [4.69, 9.17) is 4.74 Å². The molecule has 0 amide bonds. The molecule has 1 aromatic rings. The Morgan fingerprint density at radius 2 is 2.06 bits per heavy atom. The summed E-state index contributed by atoms with van der Waals surface area (Å²) in [6.45, 7) is 3.70. The average molecular weight is 248 g/mol. The number of allylic oxidation sites excluding steroid dienone is 1. The minimum Gasteiger partial charge on any atom is -0.393 e. The fourth-order valence-electron chi connectivity index (χ4n) is 1.48. The van der Waals surface area contributed by atoms with Crippen molar-refractivity contribution in [2.75, 3.05) is 6.61 Å². The van der Waals surface area contributed by atoms with Crippen molar-refractivity contribution in [3.8, 4) is 0 Å². The van der Waals surface area contributed by atoms with Crippen LogP contribution in [0.25, 0.3) is 0 Å². The summed E-state index contributed by atoms with van der Waals surface area (Å²) in [4.78, 5) is 10.8.